The van der Waals surface area contributed by atoms with E-state index in [1.165, 1.54) is 0 Å². The maximum Gasteiger partial charge on any atom is 0.240 e. The summed E-state index contributed by atoms with van der Waals surface area (Å²) >= 11 is 0. The van der Waals surface area contributed by atoms with Crippen LogP contribution < -0.4 is 9.46 Å². The Bertz CT molecular complexity index is 521. The minimum Gasteiger partial charge on any atom is -0.494 e. The van der Waals surface area contributed by atoms with Crippen LogP contribution in [-0.4, -0.2) is 33.8 Å². The van der Waals surface area contributed by atoms with Crippen molar-refractivity contribution in [2.24, 2.45) is 0 Å². The molecule has 1 N–H and O–H groups in total. The van der Waals surface area contributed by atoms with E-state index in [4.69, 9.17) is 9.47 Å². The summed E-state index contributed by atoms with van der Waals surface area (Å²) in [5.41, 5.74) is 0. The largest absolute Gasteiger partial charge is 0.494 e. The van der Waals surface area contributed by atoms with Gasteiger partial charge in [-0.2, -0.15) is 0 Å². The molecule has 6 heteroatoms. The third kappa shape index (κ3) is 3.71. The highest BCUT2D eigenvalue weighted by Gasteiger charge is 2.26. The Hall–Kier alpha value is -1.11. The summed E-state index contributed by atoms with van der Waals surface area (Å²) in [6, 6.07) is 6.20. The maximum absolute atomic E-state index is 12.3. The summed E-state index contributed by atoms with van der Waals surface area (Å²) in [5, 5.41) is 0. The van der Waals surface area contributed by atoms with Crippen molar-refractivity contribution in [3.63, 3.8) is 0 Å². The highest BCUT2D eigenvalue weighted by molar-refractivity contribution is 7.89. The third-order valence-electron chi connectivity index (χ3n) is 3.31. The first kappa shape index (κ1) is 15.3. The molecule has 1 saturated heterocycles. The number of hydrogen-bond acceptors (Lipinski definition) is 4. The van der Waals surface area contributed by atoms with Crippen LogP contribution in [0, 0.1) is 0 Å². The van der Waals surface area contributed by atoms with Gasteiger partial charge in [0.05, 0.1) is 17.6 Å². The van der Waals surface area contributed by atoms with Crippen molar-refractivity contribution in [2.75, 3.05) is 13.2 Å². The Morgan fingerprint density at radius 3 is 2.65 bits per heavy atom. The fraction of sp³-hybridized carbons (Fsp3) is 0.571. The van der Waals surface area contributed by atoms with Crippen LogP contribution in [0.25, 0.3) is 0 Å². The highest BCUT2D eigenvalue weighted by Crippen LogP contribution is 2.19. The SMILES string of the molecule is CCOc1ccc(S(=O)(=O)N[C@H](C)[C@@H]2CCCO2)cc1. The van der Waals surface area contributed by atoms with Crippen molar-refractivity contribution in [2.45, 2.75) is 43.7 Å². The van der Waals surface area contributed by atoms with Crippen LogP contribution in [0.3, 0.4) is 0 Å². The van der Waals surface area contributed by atoms with Crippen molar-refractivity contribution in [1.82, 2.24) is 4.72 Å². The second-order valence-corrected chi connectivity index (χ2v) is 6.58. The molecule has 1 aromatic rings. The monoisotopic (exact) mass is 299 g/mol. The lowest BCUT2D eigenvalue weighted by atomic mass is 10.1. The van der Waals surface area contributed by atoms with E-state index in [0.29, 0.717) is 19.0 Å². The predicted molar refractivity (Wildman–Crippen MR) is 76.4 cm³/mol. The fourth-order valence-corrected chi connectivity index (χ4v) is 3.54. The van der Waals surface area contributed by atoms with Gasteiger partial charge >= 0.3 is 0 Å². The van der Waals surface area contributed by atoms with Gasteiger partial charge in [-0.25, -0.2) is 13.1 Å². The first-order valence-electron chi connectivity index (χ1n) is 6.89. The standard InChI is InChI=1S/C14H21NO4S/c1-3-18-12-6-8-13(9-7-12)20(16,17)15-11(2)14-5-4-10-19-14/h6-9,11,14-15H,3-5,10H2,1-2H3/t11-,14+/m1/s1. The number of nitrogens with one attached hydrogen (secondary N) is 1. The summed E-state index contributed by atoms with van der Waals surface area (Å²) in [7, 11) is -3.51. The van der Waals surface area contributed by atoms with Crippen LogP contribution in [-0.2, 0) is 14.8 Å². The van der Waals surface area contributed by atoms with E-state index in [2.05, 4.69) is 4.72 Å². The minimum absolute atomic E-state index is 0.0347. The van der Waals surface area contributed by atoms with Gasteiger partial charge in [-0.15, -0.1) is 0 Å². The van der Waals surface area contributed by atoms with E-state index in [0.717, 1.165) is 12.8 Å². The normalized spacial score (nSPS) is 20.8. The molecule has 1 heterocycles. The maximum atomic E-state index is 12.3. The van der Waals surface area contributed by atoms with Gasteiger partial charge in [-0.3, -0.25) is 0 Å². The number of hydrogen-bond donors (Lipinski definition) is 1. The highest BCUT2D eigenvalue weighted by atomic mass is 32.2. The first-order valence-corrected chi connectivity index (χ1v) is 8.38. The Labute approximate surface area is 120 Å². The van der Waals surface area contributed by atoms with E-state index in [1.54, 1.807) is 24.3 Å². The van der Waals surface area contributed by atoms with E-state index in [9.17, 15) is 8.42 Å². The molecule has 0 bridgehead atoms. The minimum atomic E-state index is -3.51. The van der Waals surface area contributed by atoms with Gasteiger partial charge in [0, 0.05) is 12.6 Å². The van der Waals surface area contributed by atoms with E-state index in [-0.39, 0.29) is 17.0 Å². The van der Waals surface area contributed by atoms with Crippen LogP contribution in [0.1, 0.15) is 26.7 Å². The molecular weight excluding hydrogens is 278 g/mol. The van der Waals surface area contributed by atoms with E-state index < -0.39 is 10.0 Å². The number of ether oxygens (including phenoxy) is 2. The Morgan fingerprint density at radius 1 is 1.40 bits per heavy atom. The number of benzene rings is 1. The van der Waals surface area contributed by atoms with Crippen molar-refractivity contribution >= 4 is 10.0 Å². The van der Waals surface area contributed by atoms with Gasteiger partial charge in [0.25, 0.3) is 0 Å². The molecule has 20 heavy (non-hydrogen) atoms. The van der Waals surface area contributed by atoms with Gasteiger partial charge in [0.2, 0.25) is 10.0 Å². The topological polar surface area (TPSA) is 64.6 Å². The first-order chi connectivity index (χ1) is 9.53. The fourth-order valence-electron chi connectivity index (χ4n) is 2.27. The van der Waals surface area contributed by atoms with Crippen LogP contribution in [0.5, 0.6) is 5.75 Å². The Kier molecular flexibility index (Phi) is 5.01. The lowest BCUT2D eigenvalue weighted by Crippen LogP contribution is -2.40. The average Bonchev–Trinajstić information content (AvgIpc) is 2.93. The number of rotatable bonds is 6. The molecule has 1 fully saturated rings. The lowest BCUT2D eigenvalue weighted by molar-refractivity contribution is 0.0902. The molecule has 112 valence electrons. The zero-order valence-electron chi connectivity index (χ0n) is 11.8. The molecule has 0 unspecified atom stereocenters. The van der Waals surface area contributed by atoms with Crippen molar-refractivity contribution in [3.8, 4) is 5.75 Å². The van der Waals surface area contributed by atoms with Crippen molar-refractivity contribution in [3.05, 3.63) is 24.3 Å². The molecule has 0 amide bonds. The van der Waals surface area contributed by atoms with Gasteiger partial charge < -0.3 is 9.47 Å². The quantitative estimate of drug-likeness (QED) is 0.872. The summed E-state index contributed by atoms with van der Waals surface area (Å²) in [6.45, 7) is 4.98. The van der Waals surface area contributed by atoms with Crippen LogP contribution >= 0.6 is 0 Å². The predicted octanol–water partition coefficient (Wildman–Crippen LogP) is 1.93. The molecule has 0 radical (unpaired) electrons. The molecule has 0 spiro atoms. The van der Waals surface area contributed by atoms with Crippen LogP contribution in [0.4, 0.5) is 0 Å². The van der Waals surface area contributed by atoms with Crippen LogP contribution in [0.15, 0.2) is 29.2 Å². The molecular formula is C14H21NO4S. The summed E-state index contributed by atoms with van der Waals surface area (Å²) in [6.07, 6.45) is 1.85. The second-order valence-electron chi connectivity index (χ2n) is 4.87. The zero-order chi connectivity index (χ0) is 14.6. The smallest absolute Gasteiger partial charge is 0.240 e. The van der Waals surface area contributed by atoms with Gasteiger partial charge in [0.1, 0.15) is 5.75 Å². The van der Waals surface area contributed by atoms with Crippen molar-refractivity contribution < 1.29 is 17.9 Å². The Balaban J connectivity index is 2.05. The summed E-state index contributed by atoms with van der Waals surface area (Å²) < 4.78 is 38.0. The van der Waals surface area contributed by atoms with Gasteiger partial charge in [-0.1, -0.05) is 0 Å². The van der Waals surface area contributed by atoms with E-state index >= 15 is 0 Å². The lowest BCUT2D eigenvalue weighted by Gasteiger charge is -2.20. The molecule has 0 saturated carbocycles. The van der Waals surface area contributed by atoms with E-state index in [1.807, 2.05) is 13.8 Å². The van der Waals surface area contributed by atoms with Gasteiger partial charge in [-0.05, 0) is 51.0 Å². The Morgan fingerprint density at radius 2 is 2.10 bits per heavy atom. The van der Waals surface area contributed by atoms with Crippen molar-refractivity contribution in [1.29, 1.82) is 0 Å². The summed E-state index contributed by atoms with van der Waals surface area (Å²) in [4.78, 5) is 0.241. The average molecular weight is 299 g/mol. The molecule has 1 aliphatic heterocycles. The molecule has 2 atom stereocenters. The molecule has 5 nitrogen and oxygen atoms in total. The number of sulfonamides is 1. The molecule has 1 aromatic carbocycles. The second kappa shape index (κ2) is 6.56. The molecule has 0 aliphatic carbocycles. The zero-order valence-corrected chi connectivity index (χ0v) is 12.7. The summed E-state index contributed by atoms with van der Waals surface area (Å²) in [5.74, 6) is 0.665. The van der Waals surface area contributed by atoms with Gasteiger partial charge in [0.15, 0.2) is 0 Å². The molecule has 1 aliphatic rings. The third-order valence-corrected chi connectivity index (χ3v) is 4.88. The molecule has 0 aromatic heterocycles. The molecule has 2 rings (SSSR count). The van der Waals surface area contributed by atoms with Crippen LogP contribution in [0.2, 0.25) is 0 Å².